The molecule has 1 aromatic rings. The predicted octanol–water partition coefficient (Wildman–Crippen LogP) is 1.10. The number of benzene rings is 1. The molecule has 0 radical (unpaired) electrons. The third kappa shape index (κ3) is 4.93. The van der Waals surface area contributed by atoms with E-state index >= 15 is 0 Å². The standard InChI is InChI=1S/C18H21F2N3O4/c19-18(20)27-14-4-2-1-3-13(14)17(26)23-9-7-22(8-10-23)15(24)11-21-16(25)12-5-6-12/h1-4,12,18H,5-11H2,(H,21,25). The van der Waals surface area contributed by atoms with Gasteiger partial charge in [0.2, 0.25) is 11.8 Å². The molecule has 2 aliphatic rings. The maximum absolute atomic E-state index is 12.6. The van der Waals surface area contributed by atoms with Gasteiger partial charge in [0, 0.05) is 32.1 Å². The Balaban J connectivity index is 1.52. The van der Waals surface area contributed by atoms with E-state index in [1.54, 1.807) is 11.0 Å². The van der Waals surface area contributed by atoms with Crippen molar-refractivity contribution in [2.75, 3.05) is 32.7 Å². The number of nitrogens with one attached hydrogen (secondary N) is 1. The van der Waals surface area contributed by atoms with Crippen LogP contribution in [-0.2, 0) is 9.59 Å². The van der Waals surface area contributed by atoms with Gasteiger partial charge in [-0.05, 0) is 25.0 Å². The van der Waals surface area contributed by atoms with Crippen LogP contribution in [0.5, 0.6) is 5.75 Å². The lowest BCUT2D eigenvalue weighted by molar-refractivity contribution is -0.134. The number of rotatable bonds is 6. The number of halogens is 2. The molecule has 7 nitrogen and oxygen atoms in total. The number of alkyl halides is 2. The van der Waals surface area contributed by atoms with Crippen molar-refractivity contribution in [3.8, 4) is 5.75 Å². The Labute approximate surface area is 155 Å². The van der Waals surface area contributed by atoms with Crippen LogP contribution < -0.4 is 10.1 Å². The Morgan fingerprint density at radius 3 is 2.33 bits per heavy atom. The first kappa shape index (κ1) is 19.1. The monoisotopic (exact) mass is 381 g/mol. The molecule has 1 aliphatic heterocycles. The van der Waals surface area contributed by atoms with Crippen molar-refractivity contribution in [1.82, 2.24) is 15.1 Å². The number of piperazine rings is 1. The van der Waals surface area contributed by atoms with Crippen LogP contribution in [0.3, 0.4) is 0 Å². The van der Waals surface area contributed by atoms with Crippen molar-refractivity contribution in [1.29, 1.82) is 0 Å². The number of para-hydroxylation sites is 1. The molecule has 1 heterocycles. The van der Waals surface area contributed by atoms with Gasteiger partial charge in [-0.1, -0.05) is 12.1 Å². The van der Waals surface area contributed by atoms with E-state index in [-0.39, 0.29) is 48.7 Å². The van der Waals surface area contributed by atoms with Crippen LogP contribution in [0, 0.1) is 5.92 Å². The van der Waals surface area contributed by atoms with Crippen LogP contribution in [0.15, 0.2) is 24.3 Å². The van der Waals surface area contributed by atoms with Crippen molar-refractivity contribution in [3.05, 3.63) is 29.8 Å². The van der Waals surface area contributed by atoms with Gasteiger partial charge in [0.05, 0.1) is 12.1 Å². The largest absolute Gasteiger partial charge is 0.434 e. The molecule has 1 N–H and O–H groups in total. The van der Waals surface area contributed by atoms with Crippen molar-refractivity contribution in [2.24, 2.45) is 5.92 Å². The van der Waals surface area contributed by atoms with Gasteiger partial charge in [-0.25, -0.2) is 0 Å². The molecule has 146 valence electrons. The minimum atomic E-state index is -3.01. The topological polar surface area (TPSA) is 79.0 Å². The van der Waals surface area contributed by atoms with E-state index < -0.39 is 12.5 Å². The molecule has 3 rings (SSSR count). The summed E-state index contributed by atoms with van der Waals surface area (Å²) in [5.41, 5.74) is 0.0641. The Kier molecular flexibility index (Phi) is 5.88. The van der Waals surface area contributed by atoms with Gasteiger partial charge in [0.1, 0.15) is 5.75 Å². The molecule has 1 aliphatic carbocycles. The number of carbonyl (C=O) groups is 3. The van der Waals surface area contributed by atoms with Gasteiger partial charge in [-0.2, -0.15) is 8.78 Å². The first-order chi connectivity index (χ1) is 13.0. The second kappa shape index (κ2) is 8.32. The number of amides is 3. The molecule has 9 heteroatoms. The van der Waals surface area contributed by atoms with E-state index in [1.165, 1.54) is 23.1 Å². The number of carbonyl (C=O) groups excluding carboxylic acids is 3. The van der Waals surface area contributed by atoms with Crippen LogP contribution in [-0.4, -0.2) is 66.9 Å². The lowest BCUT2D eigenvalue weighted by Gasteiger charge is -2.35. The molecule has 1 saturated heterocycles. The number of hydrogen-bond donors (Lipinski definition) is 1. The van der Waals surface area contributed by atoms with Crippen LogP contribution in [0.4, 0.5) is 8.78 Å². The molecule has 0 unspecified atom stereocenters. The zero-order valence-electron chi connectivity index (χ0n) is 14.7. The van der Waals surface area contributed by atoms with E-state index in [0.717, 1.165) is 12.8 Å². The second-order valence-electron chi connectivity index (χ2n) is 6.54. The smallest absolute Gasteiger partial charge is 0.387 e. The minimum Gasteiger partial charge on any atom is -0.434 e. The highest BCUT2D eigenvalue weighted by Crippen LogP contribution is 2.28. The van der Waals surface area contributed by atoms with Crippen LogP contribution in [0.25, 0.3) is 0 Å². The molecule has 2 fully saturated rings. The van der Waals surface area contributed by atoms with Gasteiger partial charge >= 0.3 is 6.61 Å². The SMILES string of the molecule is O=C(NCC(=O)N1CCN(C(=O)c2ccccc2OC(F)F)CC1)C1CC1. The van der Waals surface area contributed by atoms with E-state index in [0.29, 0.717) is 13.1 Å². The summed E-state index contributed by atoms with van der Waals surface area (Å²) in [6, 6.07) is 5.85. The highest BCUT2D eigenvalue weighted by atomic mass is 19.3. The lowest BCUT2D eigenvalue weighted by Crippen LogP contribution is -2.52. The van der Waals surface area contributed by atoms with E-state index in [4.69, 9.17) is 0 Å². The summed E-state index contributed by atoms with van der Waals surface area (Å²) in [5.74, 6) is -0.827. The maximum Gasteiger partial charge on any atom is 0.387 e. The quantitative estimate of drug-likeness (QED) is 0.800. The summed E-state index contributed by atoms with van der Waals surface area (Å²) >= 11 is 0. The molecule has 1 saturated carbocycles. The average molecular weight is 381 g/mol. The Bertz CT molecular complexity index is 716. The summed E-state index contributed by atoms with van der Waals surface area (Å²) in [5, 5.41) is 2.63. The first-order valence-corrected chi connectivity index (χ1v) is 8.84. The second-order valence-corrected chi connectivity index (χ2v) is 6.54. The average Bonchev–Trinajstić information content (AvgIpc) is 3.51. The molecule has 27 heavy (non-hydrogen) atoms. The highest BCUT2D eigenvalue weighted by molar-refractivity contribution is 5.97. The zero-order valence-corrected chi connectivity index (χ0v) is 14.7. The molecule has 0 spiro atoms. The maximum atomic E-state index is 12.6. The lowest BCUT2D eigenvalue weighted by atomic mass is 10.1. The van der Waals surface area contributed by atoms with Gasteiger partial charge in [0.15, 0.2) is 0 Å². The van der Waals surface area contributed by atoms with Gasteiger partial charge in [-0.15, -0.1) is 0 Å². The fourth-order valence-corrected chi connectivity index (χ4v) is 2.94. The molecule has 3 amide bonds. The number of ether oxygens (including phenoxy) is 1. The van der Waals surface area contributed by atoms with Crippen molar-refractivity contribution in [3.63, 3.8) is 0 Å². The number of nitrogens with zero attached hydrogens (tertiary/aromatic N) is 2. The predicted molar refractivity (Wildman–Crippen MR) is 91.3 cm³/mol. The van der Waals surface area contributed by atoms with Crippen LogP contribution >= 0.6 is 0 Å². The molecular formula is C18H21F2N3O4. The van der Waals surface area contributed by atoms with Crippen molar-refractivity contribution in [2.45, 2.75) is 19.5 Å². The molecule has 0 bridgehead atoms. The summed E-state index contributed by atoms with van der Waals surface area (Å²) in [6.07, 6.45) is 1.75. The van der Waals surface area contributed by atoms with Gasteiger partial charge in [-0.3, -0.25) is 14.4 Å². The fraction of sp³-hybridized carbons (Fsp3) is 0.500. The summed E-state index contributed by atoms with van der Waals surface area (Å²) in [6.45, 7) is -1.86. The van der Waals surface area contributed by atoms with Gasteiger partial charge < -0.3 is 19.9 Å². The minimum absolute atomic E-state index is 0.0443. The van der Waals surface area contributed by atoms with E-state index in [1.807, 2.05) is 0 Å². The molecular weight excluding hydrogens is 360 g/mol. The molecule has 1 aromatic carbocycles. The summed E-state index contributed by atoms with van der Waals surface area (Å²) < 4.78 is 29.4. The Hall–Kier alpha value is -2.71. The van der Waals surface area contributed by atoms with Gasteiger partial charge in [0.25, 0.3) is 5.91 Å². The van der Waals surface area contributed by atoms with E-state index in [9.17, 15) is 23.2 Å². The highest BCUT2D eigenvalue weighted by Gasteiger charge is 2.31. The normalized spacial score (nSPS) is 17.0. The summed E-state index contributed by atoms with van der Waals surface area (Å²) in [7, 11) is 0. The molecule has 0 atom stereocenters. The molecule has 0 aromatic heterocycles. The first-order valence-electron chi connectivity index (χ1n) is 8.84. The van der Waals surface area contributed by atoms with Crippen LogP contribution in [0.2, 0.25) is 0 Å². The van der Waals surface area contributed by atoms with Crippen LogP contribution in [0.1, 0.15) is 23.2 Å². The van der Waals surface area contributed by atoms with E-state index in [2.05, 4.69) is 10.1 Å². The Morgan fingerprint density at radius 1 is 1.07 bits per heavy atom. The Morgan fingerprint density at radius 2 is 1.70 bits per heavy atom. The number of hydrogen-bond acceptors (Lipinski definition) is 4. The fourth-order valence-electron chi connectivity index (χ4n) is 2.94. The van der Waals surface area contributed by atoms with Crippen molar-refractivity contribution >= 4 is 17.7 Å². The third-order valence-corrected chi connectivity index (χ3v) is 4.62. The summed E-state index contributed by atoms with van der Waals surface area (Å²) in [4.78, 5) is 39.5. The van der Waals surface area contributed by atoms with Crippen molar-refractivity contribution < 1.29 is 27.9 Å². The zero-order chi connectivity index (χ0) is 19.4. The third-order valence-electron chi connectivity index (χ3n) is 4.62.